The van der Waals surface area contributed by atoms with E-state index in [0.717, 1.165) is 19.0 Å². The van der Waals surface area contributed by atoms with Crippen molar-refractivity contribution in [3.8, 4) is 0 Å². The van der Waals surface area contributed by atoms with Gasteiger partial charge in [-0.1, -0.05) is 18.2 Å². The van der Waals surface area contributed by atoms with Crippen LogP contribution in [0.5, 0.6) is 0 Å². The number of hydrogen-bond acceptors (Lipinski definition) is 1. The Bertz CT molecular complexity index is 642. The number of aryl methyl sites for hydroxylation is 1. The zero-order valence-corrected chi connectivity index (χ0v) is 12.5. The summed E-state index contributed by atoms with van der Waals surface area (Å²) in [5.74, 6) is -0.403. The van der Waals surface area contributed by atoms with Crippen LogP contribution >= 0.6 is 0 Å². The van der Waals surface area contributed by atoms with Crippen LogP contribution in [0.25, 0.3) is 0 Å². The van der Waals surface area contributed by atoms with Crippen LogP contribution in [0, 0.1) is 0 Å². The van der Waals surface area contributed by atoms with Crippen molar-refractivity contribution in [1.82, 2.24) is 0 Å². The summed E-state index contributed by atoms with van der Waals surface area (Å²) in [4.78, 5) is 11.8. The number of nitrogens with zero attached hydrogens (tertiary/aromatic N) is 1. The van der Waals surface area contributed by atoms with E-state index in [1.807, 2.05) is 35.2 Å². The highest BCUT2D eigenvalue weighted by Gasteiger charge is 2.33. The van der Waals surface area contributed by atoms with Gasteiger partial charge in [-0.15, -0.1) is 0 Å². The van der Waals surface area contributed by atoms with Crippen LogP contribution in [0.2, 0.25) is 0 Å². The van der Waals surface area contributed by atoms with E-state index in [2.05, 4.69) is 5.32 Å². The summed E-state index contributed by atoms with van der Waals surface area (Å²) in [5.41, 5.74) is -1.02. The molecule has 2 rings (SSSR count). The number of unbranched alkanes of at least 4 members (excludes halogenated alkanes) is 1. The Morgan fingerprint density at radius 3 is 2.39 bits per heavy atom. The molecular formula is C17H18F3N2O+. The van der Waals surface area contributed by atoms with Crippen LogP contribution in [0.15, 0.2) is 54.9 Å². The Kier molecular flexibility index (Phi) is 5.73. The Labute approximate surface area is 132 Å². The van der Waals surface area contributed by atoms with Gasteiger partial charge in [0.15, 0.2) is 12.4 Å². The van der Waals surface area contributed by atoms with Crippen LogP contribution in [-0.4, -0.2) is 5.91 Å². The molecule has 0 saturated carbocycles. The molecule has 122 valence electrons. The third kappa shape index (κ3) is 5.39. The number of benzene rings is 1. The van der Waals surface area contributed by atoms with Crippen molar-refractivity contribution in [2.24, 2.45) is 0 Å². The molecule has 0 atom stereocenters. The number of amides is 1. The number of nitrogens with one attached hydrogen (secondary N) is 1. The normalized spacial score (nSPS) is 11.3. The Balaban J connectivity index is 1.81. The lowest BCUT2D eigenvalue weighted by molar-refractivity contribution is -0.697. The van der Waals surface area contributed by atoms with E-state index in [9.17, 15) is 18.0 Å². The molecule has 0 unspecified atom stereocenters. The molecule has 1 amide bonds. The first-order valence-electron chi connectivity index (χ1n) is 7.37. The maximum Gasteiger partial charge on any atom is 0.418 e. The fourth-order valence-electron chi connectivity index (χ4n) is 2.22. The highest BCUT2D eigenvalue weighted by Crippen LogP contribution is 2.34. The molecule has 3 nitrogen and oxygen atoms in total. The van der Waals surface area contributed by atoms with Gasteiger partial charge in [-0.25, -0.2) is 4.57 Å². The quantitative estimate of drug-likeness (QED) is 0.636. The number of pyridine rings is 1. The summed E-state index contributed by atoms with van der Waals surface area (Å²) < 4.78 is 40.5. The highest BCUT2D eigenvalue weighted by molar-refractivity contribution is 5.91. The first kappa shape index (κ1) is 17.0. The molecule has 1 heterocycles. The molecule has 0 bridgehead atoms. The fourth-order valence-corrected chi connectivity index (χ4v) is 2.22. The van der Waals surface area contributed by atoms with Gasteiger partial charge in [0.25, 0.3) is 0 Å². The number of carbonyl (C=O) groups excluding carboxylic acids is 1. The molecule has 1 aromatic heterocycles. The van der Waals surface area contributed by atoms with Gasteiger partial charge in [-0.2, -0.15) is 13.2 Å². The third-order valence-corrected chi connectivity index (χ3v) is 3.35. The first-order valence-corrected chi connectivity index (χ1v) is 7.37. The summed E-state index contributed by atoms with van der Waals surface area (Å²) in [6.45, 7) is 0.771. The number of rotatable bonds is 6. The van der Waals surface area contributed by atoms with Crippen LogP contribution in [-0.2, 0) is 17.5 Å². The Morgan fingerprint density at radius 2 is 1.70 bits per heavy atom. The number of anilines is 1. The van der Waals surface area contributed by atoms with E-state index in [1.54, 1.807) is 0 Å². The molecule has 1 aromatic carbocycles. The SMILES string of the molecule is O=C(CCCC[n+]1ccccc1)Nc1ccccc1C(F)(F)F. The monoisotopic (exact) mass is 323 g/mol. The van der Waals surface area contributed by atoms with Crippen molar-refractivity contribution in [3.63, 3.8) is 0 Å². The van der Waals surface area contributed by atoms with E-state index in [1.165, 1.54) is 18.2 Å². The van der Waals surface area contributed by atoms with Crippen LogP contribution < -0.4 is 9.88 Å². The maximum atomic E-state index is 12.8. The zero-order valence-electron chi connectivity index (χ0n) is 12.5. The lowest BCUT2D eigenvalue weighted by Gasteiger charge is -2.13. The van der Waals surface area contributed by atoms with Gasteiger partial charge in [0.05, 0.1) is 11.3 Å². The third-order valence-electron chi connectivity index (χ3n) is 3.35. The van der Waals surface area contributed by atoms with Gasteiger partial charge in [-0.3, -0.25) is 4.79 Å². The van der Waals surface area contributed by atoms with Crippen molar-refractivity contribution < 1.29 is 22.5 Å². The lowest BCUT2D eigenvalue weighted by Crippen LogP contribution is -2.32. The minimum atomic E-state index is -4.48. The number of alkyl halides is 3. The first-order chi connectivity index (χ1) is 11.0. The molecule has 0 fully saturated rings. The van der Waals surface area contributed by atoms with Gasteiger partial charge < -0.3 is 5.32 Å². The molecule has 0 aliphatic carbocycles. The Hall–Kier alpha value is -2.37. The smallest absolute Gasteiger partial charge is 0.326 e. The largest absolute Gasteiger partial charge is 0.418 e. The van der Waals surface area contributed by atoms with Crippen LogP contribution in [0.3, 0.4) is 0 Å². The minimum Gasteiger partial charge on any atom is -0.326 e. The molecular weight excluding hydrogens is 305 g/mol. The molecule has 6 heteroatoms. The van der Waals surface area contributed by atoms with Crippen molar-refractivity contribution >= 4 is 11.6 Å². The second kappa shape index (κ2) is 7.76. The average Bonchev–Trinajstić information content (AvgIpc) is 2.52. The molecule has 0 radical (unpaired) electrons. The number of aromatic nitrogens is 1. The summed E-state index contributed by atoms with van der Waals surface area (Å²) in [5, 5.41) is 2.35. The predicted molar refractivity (Wildman–Crippen MR) is 80.6 cm³/mol. The average molecular weight is 323 g/mol. The van der Waals surface area contributed by atoms with E-state index in [4.69, 9.17) is 0 Å². The number of hydrogen-bond donors (Lipinski definition) is 1. The maximum absolute atomic E-state index is 12.8. The van der Waals surface area contributed by atoms with E-state index in [0.29, 0.717) is 6.42 Å². The zero-order chi connectivity index (χ0) is 16.7. The van der Waals surface area contributed by atoms with Gasteiger partial charge in [0.2, 0.25) is 5.91 Å². The second-order valence-electron chi connectivity index (χ2n) is 5.16. The summed E-state index contributed by atoms with van der Waals surface area (Å²) >= 11 is 0. The van der Waals surface area contributed by atoms with Gasteiger partial charge in [0, 0.05) is 25.0 Å². The lowest BCUT2D eigenvalue weighted by atomic mass is 10.1. The van der Waals surface area contributed by atoms with Crippen molar-refractivity contribution in [2.45, 2.75) is 32.0 Å². The molecule has 2 aromatic rings. The summed E-state index contributed by atoms with van der Waals surface area (Å²) in [6.07, 6.45) is 0.970. The van der Waals surface area contributed by atoms with Gasteiger partial charge >= 0.3 is 6.18 Å². The Morgan fingerprint density at radius 1 is 1.00 bits per heavy atom. The molecule has 0 aliphatic rings. The van der Waals surface area contributed by atoms with Crippen molar-refractivity contribution in [1.29, 1.82) is 0 Å². The second-order valence-corrected chi connectivity index (χ2v) is 5.16. The molecule has 0 saturated heterocycles. The van der Waals surface area contributed by atoms with E-state index in [-0.39, 0.29) is 12.1 Å². The molecule has 23 heavy (non-hydrogen) atoms. The molecule has 0 aliphatic heterocycles. The molecule has 0 spiro atoms. The van der Waals surface area contributed by atoms with E-state index < -0.39 is 17.6 Å². The standard InChI is InChI=1S/C17H17F3N2O/c18-17(19,20)14-8-2-3-9-15(14)21-16(23)10-4-7-13-22-11-5-1-6-12-22/h1-3,5-6,8-9,11-12H,4,7,10,13H2/p+1. The minimum absolute atomic E-state index is 0.192. The number of halogens is 3. The highest BCUT2D eigenvalue weighted by atomic mass is 19.4. The number of carbonyl (C=O) groups is 1. The predicted octanol–water partition coefficient (Wildman–Crippen LogP) is 3.80. The van der Waals surface area contributed by atoms with Crippen molar-refractivity contribution in [3.05, 3.63) is 60.4 Å². The molecule has 1 N–H and O–H groups in total. The summed E-state index contributed by atoms with van der Waals surface area (Å²) in [7, 11) is 0. The van der Waals surface area contributed by atoms with Crippen molar-refractivity contribution in [2.75, 3.05) is 5.32 Å². The fraction of sp³-hybridized carbons (Fsp3) is 0.294. The topological polar surface area (TPSA) is 33.0 Å². The summed E-state index contributed by atoms with van der Waals surface area (Å²) in [6, 6.07) is 10.7. The van der Waals surface area contributed by atoms with Crippen LogP contribution in [0.1, 0.15) is 24.8 Å². The van der Waals surface area contributed by atoms with E-state index >= 15 is 0 Å². The van der Waals surface area contributed by atoms with Gasteiger partial charge in [0.1, 0.15) is 6.54 Å². The van der Waals surface area contributed by atoms with Gasteiger partial charge in [-0.05, 0) is 18.6 Å². The van der Waals surface area contributed by atoms with Crippen LogP contribution in [0.4, 0.5) is 18.9 Å². The number of para-hydroxylation sites is 1.